The molecule has 3 aliphatic rings. The predicted octanol–water partition coefficient (Wildman–Crippen LogP) is 5.01. The summed E-state index contributed by atoms with van der Waals surface area (Å²) in [5.74, 6) is 0.319. The summed E-state index contributed by atoms with van der Waals surface area (Å²) in [6.45, 7) is 6.24. The van der Waals surface area contributed by atoms with Crippen molar-refractivity contribution in [2.24, 2.45) is 0 Å². The van der Waals surface area contributed by atoms with E-state index < -0.39 is 6.10 Å². The number of hydrogen-bond acceptors (Lipinski definition) is 6. The van der Waals surface area contributed by atoms with E-state index in [2.05, 4.69) is 34.9 Å². The molecule has 36 heavy (non-hydrogen) atoms. The zero-order valence-corrected chi connectivity index (χ0v) is 21.7. The summed E-state index contributed by atoms with van der Waals surface area (Å²) >= 11 is 6.17. The van der Waals surface area contributed by atoms with E-state index in [1.165, 1.54) is 0 Å². The highest BCUT2D eigenvalue weighted by molar-refractivity contribution is 6.30. The van der Waals surface area contributed by atoms with Crippen LogP contribution >= 0.6 is 11.6 Å². The lowest BCUT2D eigenvalue weighted by atomic mass is 10.0. The molecule has 5 rings (SSSR count). The minimum absolute atomic E-state index is 0.108. The van der Waals surface area contributed by atoms with Crippen molar-refractivity contribution in [3.8, 4) is 11.8 Å². The van der Waals surface area contributed by atoms with Gasteiger partial charge in [-0.25, -0.2) is 0 Å². The third kappa shape index (κ3) is 5.09. The molecule has 0 amide bonds. The maximum Gasteiger partial charge on any atom is 0.306 e. The Morgan fingerprint density at radius 2 is 1.75 bits per heavy atom. The third-order valence-corrected chi connectivity index (χ3v) is 8.02. The Hall–Kier alpha value is -2.64. The van der Waals surface area contributed by atoms with E-state index in [0.29, 0.717) is 13.0 Å². The van der Waals surface area contributed by atoms with Crippen LogP contribution in [-0.2, 0) is 16.1 Å². The van der Waals surface area contributed by atoms with E-state index in [0.717, 1.165) is 73.7 Å². The van der Waals surface area contributed by atoms with Crippen LogP contribution in [0.5, 0.6) is 11.8 Å². The first-order valence-electron chi connectivity index (χ1n) is 13.2. The lowest BCUT2D eigenvalue weighted by Gasteiger charge is -2.37. The van der Waals surface area contributed by atoms with Crippen LogP contribution < -0.4 is 4.90 Å². The number of carbonyl (C=O) groups is 1. The number of unbranched alkanes of at least 4 members (excludes halogenated alkanes) is 2. The fraction of sp³-hybridized carbons (Fsp3) is 0.536. The number of nitrogens with zero attached hydrogens (tertiary/aromatic N) is 3. The molecule has 2 N–H and O–H groups in total. The average molecular weight is 514 g/mol. The molecule has 1 aliphatic heterocycles. The number of ether oxygens (including phenoxy) is 1. The van der Waals surface area contributed by atoms with Gasteiger partial charge in [0, 0.05) is 72.8 Å². The maximum absolute atomic E-state index is 12.6. The summed E-state index contributed by atoms with van der Waals surface area (Å²) in [6.07, 6.45) is 7.91. The van der Waals surface area contributed by atoms with Crippen LogP contribution in [0.2, 0.25) is 5.02 Å². The average Bonchev–Trinajstić information content (AvgIpc) is 3.55. The normalized spacial score (nSPS) is 21.7. The van der Waals surface area contributed by atoms with Crippen molar-refractivity contribution in [2.45, 2.75) is 63.5 Å². The molecule has 2 aliphatic carbocycles. The van der Waals surface area contributed by atoms with Crippen LogP contribution in [0.4, 0.5) is 5.69 Å². The molecule has 0 radical (unpaired) electrons. The van der Waals surface area contributed by atoms with Crippen LogP contribution in [0.1, 0.15) is 62.0 Å². The van der Waals surface area contributed by atoms with Crippen molar-refractivity contribution in [2.75, 3.05) is 37.6 Å². The zero-order chi connectivity index (χ0) is 25.2. The molecule has 1 fully saturated rings. The second kappa shape index (κ2) is 10.8. The summed E-state index contributed by atoms with van der Waals surface area (Å²) in [7, 11) is 0. The first-order valence-corrected chi connectivity index (χ1v) is 13.6. The number of aromatic nitrogens is 1. The van der Waals surface area contributed by atoms with Gasteiger partial charge in [-0.2, -0.15) is 0 Å². The summed E-state index contributed by atoms with van der Waals surface area (Å²) in [5.41, 5.74) is 2.78. The van der Waals surface area contributed by atoms with Gasteiger partial charge in [0.15, 0.2) is 11.8 Å². The van der Waals surface area contributed by atoms with E-state index in [1.54, 1.807) is 4.57 Å². The molecule has 7 nitrogen and oxygen atoms in total. The molecule has 0 spiro atoms. The molecule has 2 heterocycles. The van der Waals surface area contributed by atoms with Gasteiger partial charge in [0.1, 0.15) is 6.10 Å². The Kier molecular flexibility index (Phi) is 7.49. The standard InChI is InChI=1S/C28H36ClN3O4/c1-2-3-4-8-24(33)36-23(17-30-11-13-31(14-12-30)22-7-5-6-21(29)16-22)18-32-27(34)25-19-9-10-20(15-19)26(25)28(32)35/h5-7,9-10,16,19-20,23,34-35H,2-4,8,11-15,17-18H2,1H3. The fourth-order valence-corrected chi connectivity index (χ4v) is 6.10. The van der Waals surface area contributed by atoms with Crippen molar-refractivity contribution in [1.29, 1.82) is 0 Å². The summed E-state index contributed by atoms with van der Waals surface area (Å²) in [4.78, 5) is 17.3. The van der Waals surface area contributed by atoms with Crippen molar-refractivity contribution < 1.29 is 19.7 Å². The number of benzene rings is 1. The van der Waals surface area contributed by atoms with Crippen LogP contribution in [0.25, 0.3) is 0 Å². The number of halogens is 1. The van der Waals surface area contributed by atoms with E-state index in [9.17, 15) is 15.0 Å². The Bertz CT molecular complexity index is 1090. The van der Waals surface area contributed by atoms with Crippen LogP contribution in [0, 0.1) is 0 Å². The van der Waals surface area contributed by atoms with Gasteiger partial charge in [-0.05, 0) is 31.0 Å². The van der Waals surface area contributed by atoms with E-state index in [-0.39, 0.29) is 36.1 Å². The molecule has 2 bridgehead atoms. The monoisotopic (exact) mass is 513 g/mol. The zero-order valence-electron chi connectivity index (χ0n) is 20.9. The molecule has 194 valence electrons. The van der Waals surface area contributed by atoms with Gasteiger partial charge in [-0.15, -0.1) is 0 Å². The van der Waals surface area contributed by atoms with Crippen LogP contribution in [-0.4, -0.2) is 64.5 Å². The SMILES string of the molecule is CCCCCC(=O)OC(CN1CCN(c2cccc(Cl)c2)CC1)Cn1c(O)c2c(c1O)C1C=CC2C1. The molecule has 3 atom stereocenters. The van der Waals surface area contributed by atoms with Crippen molar-refractivity contribution in [3.63, 3.8) is 0 Å². The Morgan fingerprint density at radius 1 is 1.06 bits per heavy atom. The molecule has 8 heteroatoms. The highest BCUT2D eigenvalue weighted by Crippen LogP contribution is 2.56. The first-order chi connectivity index (χ1) is 17.4. The largest absolute Gasteiger partial charge is 0.494 e. The number of esters is 1. The number of fused-ring (bicyclic) bond motifs is 5. The van der Waals surface area contributed by atoms with Gasteiger partial charge in [0.05, 0.1) is 6.54 Å². The van der Waals surface area contributed by atoms with Gasteiger partial charge >= 0.3 is 5.97 Å². The molecular weight excluding hydrogens is 478 g/mol. The Balaban J connectivity index is 1.27. The lowest BCUT2D eigenvalue weighted by Crippen LogP contribution is -2.49. The predicted molar refractivity (Wildman–Crippen MR) is 141 cm³/mol. The second-order valence-corrected chi connectivity index (χ2v) is 10.7. The molecule has 3 unspecified atom stereocenters. The number of anilines is 1. The topological polar surface area (TPSA) is 78.2 Å². The number of hydrogen-bond donors (Lipinski definition) is 2. The number of aromatic hydroxyl groups is 2. The number of allylic oxidation sites excluding steroid dienone is 2. The molecule has 0 saturated carbocycles. The van der Waals surface area contributed by atoms with Gasteiger partial charge < -0.3 is 19.8 Å². The summed E-state index contributed by atoms with van der Waals surface area (Å²) in [6, 6.07) is 7.90. The van der Waals surface area contributed by atoms with Gasteiger partial charge in [-0.1, -0.05) is 49.6 Å². The number of carbonyl (C=O) groups excluding carboxylic acids is 1. The van der Waals surface area contributed by atoms with Gasteiger partial charge in [0.25, 0.3) is 0 Å². The molecule has 1 aromatic carbocycles. The lowest BCUT2D eigenvalue weighted by molar-refractivity contribution is -0.151. The highest BCUT2D eigenvalue weighted by atomic mass is 35.5. The highest BCUT2D eigenvalue weighted by Gasteiger charge is 2.41. The van der Waals surface area contributed by atoms with Gasteiger partial charge in [-0.3, -0.25) is 14.3 Å². The summed E-state index contributed by atoms with van der Waals surface area (Å²) < 4.78 is 7.49. The van der Waals surface area contributed by atoms with Crippen molar-refractivity contribution in [1.82, 2.24) is 9.47 Å². The first kappa shape index (κ1) is 25.0. The maximum atomic E-state index is 12.6. The minimum Gasteiger partial charge on any atom is -0.494 e. The quantitative estimate of drug-likeness (QED) is 0.264. The smallest absolute Gasteiger partial charge is 0.306 e. The van der Waals surface area contributed by atoms with Crippen LogP contribution in [0.3, 0.4) is 0 Å². The van der Waals surface area contributed by atoms with Crippen molar-refractivity contribution >= 4 is 23.3 Å². The fourth-order valence-electron chi connectivity index (χ4n) is 5.91. The number of piperazine rings is 1. The van der Waals surface area contributed by atoms with Gasteiger partial charge in [0.2, 0.25) is 0 Å². The van der Waals surface area contributed by atoms with E-state index >= 15 is 0 Å². The van der Waals surface area contributed by atoms with E-state index in [4.69, 9.17) is 16.3 Å². The molecular formula is C28H36ClN3O4. The molecule has 1 aromatic heterocycles. The Morgan fingerprint density at radius 3 is 2.39 bits per heavy atom. The summed E-state index contributed by atoms with van der Waals surface area (Å²) in [5, 5.41) is 22.7. The minimum atomic E-state index is -0.466. The van der Waals surface area contributed by atoms with Crippen molar-refractivity contribution in [3.05, 3.63) is 52.6 Å². The second-order valence-electron chi connectivity index (χ2n) is 10.3. The third-order valence-electron chi connectivity index (χ3n) is 7.78. The Labute approximate surface area is 217 Å². The molecule has 1 saturated heterocycles. The number of rotatable bonds is 10. The van der Waals surface area contributed by atoms with Crippen LogP contribution in [0.15, 0.2) is 36.4 Å². The molecule has 2 aromatic rings. The van der Waals surface area contributed by atoms with E-state index in [1.807, 2.05) is 18.2 Å².